The lowest BCUT2D eigenvalue weighted by Crippen LogP contribution is -1.97. The zero-order chi connectivity index (χ0) is 13.4. The lowest BCUT2D eigenvalue weighted by Gasteiger charge is -2.01. The number of rotatable bonds is 2. The molecule has 0 aliphatic rings. The number of H-pyrrole nitrogens is 1. The first-order valence-corrected chi connectivity index (χ1v) is 6.46. The Morgan fingerprint density at radius 2 is 1.55 bits per heavy atom. The normalized spacial score (nSPS) is 11.0. The number of hydrogen-bond acceptors (Lipinski definition) is 2. The second kappa shape index (κ2) is 4.35. The molecule has 0 radical (unpaired) electrons. The Labute approximate surface area is 115 Å². The summed E-state index contributed by atoms with van der Waals surface area (Å²) in [6, 6.07) is 20.2. The third-order valence-corrected chi connectivity index (χ3v) is 3.33. The summed E-state index contributed by atoms with van der Waals surface area (Å²) in [4.78, 5) is 0. The first-order chi connectivity index (χ1) is 9.93. The zero-order valence-corrected chi connectivity index (χ0v) is 10.7. The molecule has 2 aromatic carbocycles. The fourth-order valence-corrected chi connectivity index (χ4v) is 2.38. The van der Waals surface area contributed by atoms with Crippen molar-refractivity contribution in [2.24, 2.45) is 0 Å². The molecule has 2 aromatic heterocycles. The van der Waals surface area contributed by atoms with Crippen LogP contribution in [0.4, 0.5) is 0 Å². The molecule has 4 aromatic rings. The molecule has 96 valence electrons. The average molecular weight is 260 g/mol. The number of hydrogen-bond donors (Lipinski definition) is 1. The zero-order valence-electron chi connectivity index (χ0n) is 10.7. The van der Waals surface area contributed by atoms with Gasteiger partial charge in [-0.15, -0.1) is 0 Å². The number of aromatic amines is 1. The van der Waals surface area contributed by atoms with Crippen molar-refractivity contribution in [1.29, 1.82) is 0 Å². The van der Waals surface area contributed by atoms with Gasteiger partial charge >= 0.3 is 0 Å². The highest BCUT2D eigenvalue weighted by molar-refractivity contribution is 5.91. The van der Waals surface area contributed by atoms with E-state index in [1.54, 1.807) is 0 Å². The van der Waals surface area contributed by atoms with Crippen LogP contribution in [0.2, 0.25) is 0 Å². The fourth-order valence-electron chi connectivity index (χ4n) is 2.38. The molecule has 4 nitrogen and oxygen atoms in total. The summed E-state index contributed by atoms with van der Waals surface area (Å²) >= 11 is 0. The minimum atomic E-state index is 0.912. The molecule has 2 heterocycles. The summed E-state index contributed by atoms with van der Waals surface area (Å²) in [6.07, 6.45) is 1.82. The molecule has 0 amide bonds. The van der Waals surface area contributed by atoms with E-state index in [1.807, 2.05) is 59.4 Å². The van der Waals surface area contributed by atoms with E-state index >= 15 is 0 Å². The molecular formula is C16H12N4. The molecule has 0 fully saturated rings. The third kappa shape index (κ3) is 1.62. The van der Waals surface area contributed by atoms with Crippen LogP contribution in [0.1, 0.15) is 0 Å². The summed E-state index contributed by atoms with van der Waals surface area (Å²) in [7, 11) is 0. The van der Waals surface area contributed by atoms with Gasteiger partial charge in [-0.2, -0.15) is 10.2 Å². The molecule has 4 heteroatoms. The summed E-state index contributed by atoms with van der Waals surface area (Å²) < 4.78 is 1.89. The van der Waals surface area contributed by atoms with Crippen molar-refractivity contribution in [3.8, 4) is 16.9 Å². The van der Waals surface area contributed by atoms with Crippen molar-refractivity contribution >= 4 is 11.0 Å². The SMILES string of the molecule is c1ccc(-c2nn(-c3ccccc3)c3[nH]ncc23)cc1. The Morgan fingerprint density at radius 3 is 2.30 bits per heavy atom. The minimum Gasteiger partial charge on any atom is -0.261 e. The molecular weight excluding hydrogens is 248 g/mol. The highest BCUT2D eigenvalue weighted by atomic mass is 15.3. The first kappa shape index (κ1) is 11.0. The van der Waals surface area contributed by atoms with Gasteiger partial charge in [0.05, 0.1) is 17.3 Å². The Bertz CT molecular complexity index is 775. The Hall–Kier alpha value is -2.88. The van der Waals surface area contributed by atoms with Crippen LogP contribution in [0.3, 0.4) is 0 Å². The van der Waals surface area contributed by atoms with E-state index in [-0.39, 0.29) is 0 Å². The van der Waals surface area contributed by atoms with Crippen molar-refractivity contribution in [3.63, 3.8) is 0 Å². The minimum absolute atomic E-state index is 0.912. The number of nitrogens with one attached hydrogen (secondary N) is 1. The number of para-hydroxylation sites is 1. The van der Waals surface area contributed by atoms with Crippen molar-refractivity contribution in [2.75, 3.05) is 0 Å². The molecule has 0 unspecified atom stereocenters. The Morgan fingerprint density at radius 1 is 0.850 bits per heavy atom. The van der Waals surface area contributed by atoms with Crippen LogP contribution >= 0.6 is 0 Å². The summed E-state index contributed by atoms with van der Waals surface area (Å²) in [6.45, 7) is 0. The molecule has 0 aliphatic carbocycles. The van der Waals surface area contributed by atoms with Crippen molar-refractivity contribution in [1.82, 2.24) is 20.0 Å². The molecule has 0 saturated heterocycles. The maximum atomic E-state index is 4.74. The van der Waals surface area contributed by atoms with Gasteiger partial charge in [-0.25, -0.2) is 4.68 Å². The van der Waals surface area contributed by atoms with Gasteiger partial charge in [0, 0.05) is 5.56 Å². The highest BCUT2D eigenvalue weighted by Gasteiger charge is 2.14. The van der Waals surface area contributed by atoms with Gasteiger partial charge < -0.3 is 0 Å². The maximum absolute atomic E-state index is 4.74. The van der Waals surface area contributed by atoms with Gasteiger partial charge in [-0.05, 0) is 12.1 Å². The van der Waals surface area contributed by atoms with Crippen LogP contribution in [0.15, 0.2) is 66.9 Å². The number of nitrogens with zero attached hydrogens (tertiary/aromatic N) is 3. The van der Waals surface area contributed by atoms with Gasteiger partial charge in [0.1, 0.15) is 5.69 Å². The number of benzene rings is 2. The van der Waals surface area contributed by atoms with E-state index in [2.05, 4.69) is 22.3 Å². The Balaban J connectivity index is 1.99. The lowest BCUT2D eigenvalue weighted by atomic mass is 10.1. The predicted molar refractivity (Wildman–Crippen MR) is 78.7 cm³/mol. The third-order valence-electron chi connectivity index (χ3n) is 3.33. The monoisotopic (exact) mass is 260 g/mol. The van der Waals surface area contributed by atoms with E-state index < -0.39 is 0 Å². The molecule has 0 bridgehead atoms. The van der Waals surface area contributed by atoms with Gasteiger partial charge in [0.15, 0.2) is 5.65 Å². The van der Waals surface area contributed by atoms with Crippen LogP contribution in [-0.2, 0) is 0 Å². The molecule has 0 saturated carbocycles. The highest BCUT2D eigenvalue weighted by Crippen LogP contribution is 2.28. The fraction of sp³-hybridized carbons (Fsp3) is 0. The van der Waals surface area contributed by atoms with Gasteiger partial charge in [0.2, 0.25) is 0 Å². The maximum Gasteiger partial charge on any atom is 0.159 e. The van der Waals surface area contributed by atoms with E-state index in [0.29, 0.717) is 0 Å². The Kier molecular flexibility index (Phi) is 2.39. The van der Waals surface area contributed by atoms with Gasteiger partial charge in [-0.1, -0.05) is 48.5 Å². The smallest absolute Gasteiger partial charge is 0.159 e. The van der Waals surface area contributed by atoms with Crippen LogP contribution in [0.5, 0.6) is 0 Å². The molecule has 20 heavy (non-hydrogen) atoms. The predicted octanol–water partition coefficient (Wildman–Crippen LogP) is 3.42. The van der Waals surface area contributed by atoms with Crippen LogP contribution < -0.4 is 0 Å². The van der Waals surface area contributed by atoms with Crippen molar-refractivity contribution in [2.45, 2.75) is 0 Å². The first-order valence-electron chi connectivity index (χ1n) is 6.46. The van der Waals surface area contributed by atoms with Crippen LogP contribution in [-0.4, -0.2) is 20.0 Å². The molecule has 0 atom stereocenters. The molecule has 4 rings (SSSR count). The molecule has 0 aliphatic heterocycles. The average Bonchev–Trinajstić information content (AvgIpc) is 3.11. The van der Waals surface area contributed by atoms with Gasteiger partial charge in [-0.3, -0.25) is 5.10 Å². The second-order valence-electron chi connectivity index (χ2n) is 4.59. The summed E-state index contributed by atoms with van der Waals surface area (Å²) in [5.41, 5.74) is 3.96. The largest absolute Gasteiger partial charge is 0.261 e. The molecule has 0 spiro atoms. The second-order valence-corrected chi connectivity index (χ2v) is 4.59. The van der Waals surface area contributed by atoms with E-state index in [9.17, 15) is 0 Å². The van der Waals surface area contributed by atoms with Gasteiger partial charge in [0.25, 0.3) is 0 Å². The van der Waals surface area contributed by atoms with E-state index in [4.69, 9.17) is 5.10 Å². The van der Waals surface area contributed by atoms with E-state index in [1.165, 1.54) is 0 Å². The summed E-state index contributed by atoms with van der Waals surface area (Å²) in [5, 5.41) is 12.9. The lowest BCUT2D eigenvalue weighted by molar-refractivity contribution is 0.886. The quantitative estimate of drug-likeness (QED) is 0.600. The summed E-state index contributed by atoms with van der Waals surface area (Å²) in [5.74, 6) is 0. The topological polar surface area (TPSA) is 46.5 Å². The van der Waals surface area contributed by atoms with Crippen LogP contribution in [0, 0.1) is 0 Å². The van der Waals surface area contributed by atoms with Crippen molar-refractivity contribution < 1.29 is 0 Å². The standard InChI is InChI=1S/C16H12N4/c1-3-7-12(8-4-1)15-14-11-17-18-16(14)20(19-15)13-9-5-2-6-10-13/h1-11H,(H,17,18). The molecule has 1 N–H and O–H groups in total. The van der Waals surface area contributed by atoms with Crippen LogP contribution in [0.25, 0.3) is 28.0 Å². The van der Waals surface area contributed by atoms with E-state index in [0.717, 1.165) is 28.0 Å². The number of aromatic nitrogens is 4. The number of fused-ring (bicyclic) bond motifs is 1. The van der Waals surface area contributed by atoms with Crippen molar-refractivity contribution in [3.05, 3.63) is 66.9 Å².